The SMILES string of the molecule is COC[C@H](C)NC(=S)N/N=C(\CCCc1ccccc1)c1ccccc1. The Balaban J connectivity index is 1.96. The minimum Gasteiger partial charge on any atom is -0.383 e. The van der Waals surface area contributed by atoms with Crippen LogP contribution in [0.2, 0.25) is 0 Å². The molecule has 0 saturated carbocycles. The standard InChI is InChI=1S/C21H27N3OS/c1-17(16-25-2)22-21(26)24-23-20(19-13-7-4-8-14-19)15-9-12-18-10-5-3-6-11-18/h3-8,10-11,13-14,17H,9,12,15-16H2,1-2H3,(H2,22,24,26)/b23-20+/t17-/m0/s1. The number of aryl methyl sites for hydroxylation is 1. The predicted molar refractivity (Wildman–Crippen MR) is 113 cm³/mol. The monoisotopic (exact) mass is 369 g/mol. The van der Waals surface area contributed by atoms with Crippen LogP contribution in [0.1, 0.15) is 30.9 Å². The summed E-state index contributed by atoms with van der Waals surface area (Å²) in [6.07, 6.45) is 2.93. The molecule has 2 aromatic rings. The van der Waals surface area contributed by atoms with E-state index in [9.17, 15) is 0 Å². The van der Waals surface area contributed by atoms with Gasteiger partial charge in [-0.15, -0.1) is 0 Å². The third-order valence-electron chi connectivity index (χ3n) is 3.92. The summed E-state index contributed by atoms with van der Waals surface area (Å²) in [4.78, 5) is 0. The largest absolute Gasteiger partial charge is 0.383 e. The van der Waals surface area contributed by atoms with E-state index in [1.54, 1.807) is 7.11 Å². The van der Waals surface area contributed by atoms with Gasteiger partial charge < -0.3 is 10.1 Å². The molecule has 138 valence electrons. The van der Waals surface area contributed by atoms with Gasteiger partial charge in [0.1, 0.15) is 0 Å². The first-order valence-corrected chi connectivity index (χ1v) is 9.31. The second-order valence-corrected chi connectivity index (χ2v) is 6.61. The number of hydrogen-bond acceptors (Lipinski definition) is 3. The van der Waals surface area contributed by atoms with Crippen LogP contribution in [0.3, 0.4) is 0 Å². The maximum absolute atomic E-state index is 5.32. The van der Waals surface area contributed by atoms with Crippen molar-refractivity contribution in [2.24, 2.45) is 5.10 Å². The minimum atomic E-state index is 0.133. The number of hydrazone groups is 1. The fourth-order valence-electron chi connectivity index (χ4n) is 2.67. The van der Waals surface area contributed by atoms with E-state index >= 15 is 0 Å². The quantitative estimate of drug-likeness (QED) is 0.400. The average Bonchev–Trinajstić information content (AvgIpc) is 2.66. The number of nitrogens with one attached hydrogen (secondary N) is 2. The van der Waals surface area contributed by atoms with Crippen LogP contribution in [0.15, 0.2) is 65.8 Å². The van der Waals surface area contributed by atoms with E-state index in [1.165, 1.54) is 5.56 Å². The molecule has 2 aromatic carbocycles. The van der Waals surface area contributed by atoms with Gasteiger partial charge in [-0.2, -0.15) is 5.10 Å². The number of benzene rings is 2. The topological polar surface area (TPSA) is 45.6 Å². The van der Waals surface area contributed by atoms with Gasteiger partial charge in [0.15, 0.2) is 5.11 Å². The highest BCUT2D eigenvalue weighted by atomic mass is 32.1. The Bertz CT molecular complexity index is 689. The summed E-state index contributed by atoms with van der Waals surface area (Å²) >= 11 is 5.32. The van der Waals surface area contributed by atoms with Gasteiger partial charge in [-0.1, -0.05) is 60.7 Å². The number of methoxy groups -OCH3 is 1. The zero-order valence-corrected chi connectivity index (χ0v) is 16.3. The van der Waals surface area contributed by atoms with Crippen LogP contribution in [0.5, 0.6) is 0 Å². The molecule has 0 aromatic heterocycles. The van der Waals surface area contributed by atoms with E-state index in [1.807, 2.05) is 31.2 Å². The van der Waals surface area contributed by atoms with Crippen LogP contribution in [-0.2, 0) is 11.2 Å². The van der Waals surface area contributed by atoms with Crippen molar-refractivity contribution in [1.82, 2.24) is 10.7 Å². The molecular formula is C21H27N3OS. The summed E-state index contributed by atoms with van der Waals surface area (Å²) in [6.45, 7) is 2.60. The normalized spacial score (nSPS) is 12.5. The zero-order chi connectivity index (χ0) is 18.6. The van der Waals surface area contributed by atoms with Crippen LogP contribution in [0, 0.1) is 0 Å². The first kappa shape index (κ1) is 20.1. The Hall–Kier alpha value is -2.24. The van der Waals surface area contributed by atoms with Gasteiger partial charge in [0.25, 0.3) is 0 Å². The van der Waals surface area contributed by atoms with Gasteiger partial charge in [0.05, 0.1) is 12.3 Å². The summed E-state index contributed by atoms with van der Waals surface area (Å²) in [6, 6.07) is 20.9. The molecule has 0 aliphatic rings. The smallest absolute Gasteiger partial charge is 0.187 e. The lowest BCUT2D eigenvalue weighted by Crippen LogP contribution is -2.40. The fraction of sp³-hybridized carbons (Fsp3) is 0.333. The van der Waals surface area contributed by atoms with E-state index in [0.717, 1.165) is 30.5 Å². The molecule has 0 saturated heterocycles. The Labute approximate surface area is 161 Å². The molecule has 26 heavy (non-hydrogen) atoms. The summed E-state index contributed by atoms with van der Waals surface area (Å²) in [5, 5.41) is 8.22. The van der Waals surface area contributed by atoms with Gasteiger partial charge in [0, 0.05) is 13.2 Å². The molecule has 2 N–H and O–H groups in total. The number of nitrogens with zero attached hydrogens (tertiary/aromatic N) is 1. The summed E-state index contributed by atoms with van der Waals surface area (Å²) in [5.41, 5.74) is 6.43. The van der Waals surface area contributed by atoms with Crippen LogP contribution < -0.4 is 10.7 Å². The maximum atomic E-state index is 5.32. The van der Waals surface area contributed by atoms with Gasteiger partial charge in [-0.25, -0.2) is 0 Å². The fourth-order valence-corrected chi connectivity index (χ4v) is 2.91. The first-order valence-electron chi connectivity index (χ1n) is 8.90. The number of thiocarbonyl (C=S) groups is 1. The Morgan fingerprint density at radius 2 is 1.73 bits per heavy atom. The van der Waals surface area contributed by atoms with Crippen molar-refractivity contribution in [3.63, 3.8) is 0 Å². The molecular weight excluding hydrogens is 342 g/mol. The lowest BCUT2D eigenvalue weighted by molar-refractivity contribution is 0.179. The highest BCUT2D eigenvalue weighted by Gasteiger charge is 2.06. The average molecular weight is 370 g/mol. The highest BCUT2D eigenvalue weighted by molar-refractivity contribution is 7.80. The van der Waals surface area contributed by atoms with Gasteiger partial charge >= 0.3 is 0 Å². The molecule has 0 radical (unpaired) electrons. The lowest BCUT2D eigenvalue weighted by atomic mass is 10.0. The van der Waals surface area contributed by atoms with Crippen molar-refractivity contribution >= 4 is 23.0 Å². The second kappa shape index (κ2) is 11.4. The molecule has 0 fully saturated rings. The Morgan fingerprint density at radius 1 is 1.08 bits per heavy atom. The minimum absolute atomic E-state index is 0.133. The Morgan fingerprint density at radius 3 is 2.38 bits per heavy atom. The molecule has 0 spiro atoms. The number of hydrogen-bond donors (Lipinski definition) is 2. The van der Waals surface area contributed by atoms with Crippen molar-refractivity contribution < 1.29 is 4.74 Å². The molecule has 4 nitrogen and oxygen atoms in total. The van der Waals surface area contributed by atoms with Gasteiger partial charge in [-0.3, -0.25) is 5.43 Å². The summed E-state index contributed by atoms with van der Waals surface area (Å²) < 4.78 is 5.11. The van der Waals surface area contributed by atoms with Crippen LogP contribution in [-0.4, -0.2) is 30.6 Å². The molecule has 0 amide bonds. The molecule has 0 unspecified atom stereocenters. The molecule has 2 rings (SSSR count). The third-order valence-corrected chi connectivity index (χ3v) is 4.12. The molecule has 1 atom stereocenters. The third kappa shape index (κ3) is 7.33. The molecule has 0 heterocycles. The maximum Gasteiger partial charge on any atom is 0.187 e. The van der Waals surface area contributed by atoms with Crippen LogP contribution in [0.4, 0.5) is 0 Å². The van der Waals surface area contributed by atoms with E-state index in [-0.39, 0.29) is 6.04 Å². The van der Waals surface area contributed by atoms with Crippen molar-refractivity contribution in [3.05, 3.63) is 71.8 Å². The molecule has 0 aliphatic heterocycles. The van der Waals surface area contributed by atoms with Gasteiger partial charge in [0.2, 0.25) is 0 Å². The van der Waals surface area contributed by atoms with Crippen molar-refractivity contribution in [2.75, 3.05) is 13.7 Å². The van der Waals surface area contributed by atoms with Crippen LogP contribution >= 0.6 is 12.2 Å². The molecule has 5 heteroatoms. The number of ether oxygens (including phenoxy) is 1. The summed E-state index contributed by atoms with van der Waals surface area (Å²) in [7, 11) is 1.67. The van der Waals surface area contributed by atoms with E-state index < -0.39 is 0 Å². The predicted octanol–water partition coefficient (Wildman–Crippen LogP) is 3.91. The van der Waals surface area contributed by atoms with Crippen LogP contribution in [0.25, 0.3) is 0 Å². The highest BCUT2D eigenvalue weighted by Crippen LogP contribution is 2.10. The zero-order valence-electron chi connectivity index (χ0n) is 15.4. The van der Waals surface area contributed by atoms with Gasteiger partial charge in [-0.05, 0) is 49.5 Å². The lowest BCUT2D eigenvalue weighted by Gasteiger charge is -2.15. The van der Waals surface area contributed by atoms with E-state index in [4.69, 9.17) is 17.0 Å². The van der Waals surface area contributed by atoms with E-state index in [0.29, 0.717) is 11.7 Å². The first-order chi connectivity index (χ1) is 12.7. The number of rotatable bonds is 9. The van der Waals surface area contributed by atoms with Crippen molar-refractivity contribution in [2.45, 2.75) is 32.2 Å². The van der Waals surface area contributed by atoms with E-state index in [2.05, 4.69) is 52.2 Å². The molecule has 0 aliphatic carbocycles. The van der Waals surface area contributed by atoms with Crippen molar-refractivity contribution in [1.29, 1.82) is 0 Å². The van der Waals surface area contributed by atoms with Crippen molar-refractivity contribution in [3.8, 4) is 0 Å². The molecule has 0 bridgehead atoms. The Kier molecular flexibility index (Phi) is 8.79. The second-order valence-electron chi connectivity index (χ2n) is 6.21. The summed E-state index contributed by atoms with van der Waals surface area (Å²) in [5.74, 6) is 0.